The highest BCUT2D eigenvalue weighted by Gasteiger charge is 2.23. The molecule has 1 aromatic rings. The van der Waals surface area contributed by atoms with Gasteiger partial charge in [-0.1, -0.05) is 25.1 Å². The quantitative estimate of drug-likeness (QED) is 0.856. The van der Waals surface area contributed by atoms with Crippen molar-refractivity contribution in [2.45, 2.75) is 39.3 Å². The number of anilines is 1. The highest BCUT2D eigenvalue weighted by Crippen LogP contribution is 2.24. The minimum Gasteiger partial charge on any atom is -0.392 e. The lowest BCUT2D eigenvalue weighted by molar-refractivity contribution is 0.183. The van der Waals surface area contributed by atoms with Crippen LogP contribution in [0, 0.1) is 5.92 Å². The summed E-state index contributed by atoms with van der Waals surface area (Å²) < 4.78 is 0. The van der Waals surface area contributed by atoms with Gasteiger partial charge in [-0.25, -0.2) is 0 Å². The molecule has 0 amide bonds. The lowest BCUT2D eigenvalue weighted by Crippen LogP contribution is -2.39. The van der Waals surface area contributed by atoms with E-state index in [2.05, 4.69) is 30.1 Å². The molecule has 3 heteroatoms. The largest absolute Gasteiger partial charge is 0.392 e. The van der Waals surface area contributed by atoms with Gasteiger partial charge in [-0.15, -0.1) is 0 Å². The van der Waals surface area contributed by atoms with E-state index in [9.17, 15) is 5.11 Å². The number of nitrogens with zero attached hydrogens (tertiary/aromatic N) is 1. The maximum absolute atomic E-state index is 9.36. The molecule has 1 saturated heterocycles. The molecule has 0 aliphatic carbocycles. The topological polar surface area (TPSA) is 35.5 Å². The van der Waals surface area contributed by atoms with E-state index in [4.69, 9.17) is 0 Å². The molecule has 1 fully saturated rings. The van der Waals surface area contributed by atoms with E-state index in [0.29, 0.717) is 6.04 Å². The van der Waals surface area contributed by atoms with Crippen molar-refractivity contribution in [2.75, 3.05) is 25.0 Å². The number of rotatable bonds is 5. The highest BCUT2D eigenvalue weighted by atomic mass is 16.3. The number of hydrogen-bond donors (Lipinski definition) is 2. The molecule has 1 aliphatic rings. The van der Waals surface area contributed by atoms with Crippen LogP contribution in [0.25, 0.3) is 0 Å². The van der Waals surface area contributed by atoms with Gasteiger partial charge >= 0.3 is 0 Å². The fourth-order valence-electron chi connectivity index (χ4n) is 2.93. The Morgan fingerprint density at radius 3 is 2.63 bits per heavy atom. The summed E-state index contributed by atoms with van der Waals surface area (Å²) in [5.74, 6) is 0.731. The summed E-state index contributed by atoms with van der Waals surface area (Å²) in [5, 5.41) is 12.9. The summed E-state index contributed by atoms with van der Waals surface area (Å²) in [6.07, 6.45) is 2.53. The minimum absolute atomic E-state index is 0.101. The first-order valence-corrected chi connectivity index (χ1v) is 7.42. The lowest BCUT2D eigenvalue weighted by atomic mass is 9.90. The number of likely N-dealkylation sites (tertiary alicyclic amines) is 1. The van der Waals surface area contributed by atoms with E-state index in [1.807, 2.05) is 18.2 Å². The molecule has 2 rings (SSSR count). The third-order valence-electron chi connectivity index (χ3n) is 4.36. The Hall–Kier alpha value is -1.06. The molecule has 19 heavy (non-hydrogen) atoms. The van der Waals surface area contributed by atoms with Crippen LogP contribution in [0.3, 0.4) is 0 Å². The van der Waals surface area contributed by atoms with Gasteiger partial charge in [-0.2, -0.15) is 0 Å². The SMILES string of the molecule is CCN1CCC(C(C)Nc2ccccc2CO)CC1. The van der Waals surface area contributed by atoms with Crippen molar-refractivity contribution in [3.05, 3.63) is 29.8 Å². The van der Waals surface area contributed by atoms with Crippen LogP contribution in [-0.2, 0) is 6.61 Å². The van der Waals surface area contributed by atoms with Gasteiger partial charge in [-0.3, -0.25) is 0 Å². The van der Waals surface area contributed by atoms with Gasteiger partial charge in [0.1, 0.15) is 0 Å². The Morgan fingerprint density at radius 1 is 1.32 bits per heavy atom. The first-order chi connectivity index (χ1) is 9.24. The van der Waals surface area contributed by atoms with Gasteiger partial charge in [0, 0.05) is 17.3 Å². The number of aliphatic hydroxyl groups is 1. The number of hydrogen-bond acceptors (Lipinski definition) is 3. The zero-order valence-electron chi connectivity index (χ0n) is 12.1. The van der Waals surface area contributed by atoms with E-state index in [1.54, 1.807) is 0 Å². The van der Waals surface area contributed by atoms with Crippen molar-refractivity contribution < 1.29 is 5.11 Å². The van der Waals surface area contributed by atoms with Gasteiger partial charge in [0.05, 0.1) is 6.61 Å². The van der Waals surface area contributed by atoms with Crippen molar-refractivity contribution >= 4 is 5.69 Å². The summed E-state index contributed by atoms with van der Waals surface area (Å²) in [5.41, 5.74) is 2.07. The molecule has 1 aliphatic heterocycles. The molecule has 0 radical (unpaired) electrons. The van der Waals surface area contributed by atoms with Crippen LogP contribution in [0.1, 0.15) is 32.3 Å². The van der Waals surface area contributed by atoms with Gasteiger partial charge in [0.2, 0.25) is 0 Å². The Bertz CT molecular complexity index is 386. The summed E-state index contributed by atoms with van der Waals surface area (Å²) in [4.78, 5) is 2.52. The van der Waals surface area contributed by atoms with Crippen molar-refractivity contribution in [2.24, 2.45) is 5.92 Å². The van der Waals surface area contributed by atoms with Crippen LogP contribution in [0.2, 0.25) is 0 Å². The molecule has 1 unspecified atom stereocenters. The maximum atomic E-state index is 9.36. The summed E-state index contributed by atoms with van der Waals surface area (Å²) in [7, 11) is 0. The van der Waals surface area contributed by atoms with E-state index in [0.717, 1.165) is 17.2 Å². The van der Waals surface area contributed by atoms with Crippen LogP contribution < -0.4 is 5.32 Å². The van der Waals surface area contributed by atoms with Gasteiger partial charge < -0.3 is 15.3 Å². The Labute approximate surface area is 116 Å². The monoisotopic (exact) mass is 262 g/mol. The average Bonchev–Trinajstić information content (AvgIpc) is 2.48. The van der Waals surface area contributed by atoms with E-state index >= 15 is 0 Å². The molecule has 3 nitrogen and oxygen atoms in total. The lowest BCUT2D eigenvalue weighted by Gasteiger charge is -2.35. The molecule has 2 N–H and O–H groups in total. The van der Waals surface area contributed by atoms with Crippen LogP contribution in [0.5, 0.6) is 0 Å². The first kappa shape index (κ1) is 14.4. The maximum Gasteiger partial charge on any atom is 0.0701 e. The molecule has 0 aromatic heterocycles. The fraction of sp³-hybridized carbons (Fsp3) is 0.625. The molecular weight excluding hydrogens is 236 g/mol. The molecule has 106 valence electrons. The van der Waals surface area contributed by atoms with E-state index < -0.39 is 0 Å². The Morgan fingerprint density at radius 2 is 2.00 bits per heavy atom. The molecule has 1 aromatic carbocycles. The molecular formula is C16H26N2O. The zero-order chi connectivity index (χ0) is 13.7. The van der Waals surface area contributed by atoms with Crippen LogP contribution in [-0.4, -0.2) is 35.7 Å². The number of aliphatic hydroxyl groups excluding tert-OH is 1. The standard InChI is InChI=1S/C16H26N2O/c1-3-18-10-8-14(9-11-18)13(2)17-16-7-5-4-6-15(16)12-19/h4-7,13-14,17,19H,3,8-12H2,1-2H3. The van der Waals surface area contributed by atoms with Crippen molar-refractivity contribution in [3.63, 3.8) is 0 Å². The average molecular weight is 262 g/mol. The van der Waals surface area contributed by atoms with Crippen molar-refractivity contribution in [1.29, 1.82) is 0 Å². The van der Waals surface area contributed by atoms with Gasteiger partial charge in [0.25, 0.3) is 0 Å². The van der Waals surface area contributed by atoms with Gasteiger partial charge in [0.15, 0.2) is 0 Å². The third-order valence-corrected chi connectivity index (χ3v) is 4.36. The third kappa shape index (κ3) is 3.71. The Balaban J connectivity index is 1.92. The fourth-order valence-corrected chi connectivity index (χ4v) is 2.93. The van der Waals surface area contributed by atoms with Crippen molar-refractivity contribution in [3.8, 4) is 0 Å². The first-order valence-electron chi connectivity index (χ1n) is 7.42. The van der Waals surface area contributed by atoms with Crippen LogP contribution >= 0.6 is 0 Å². The van der Waals surface area contributed by atoms with Crippen LogP contribution in [0.4, 0.5) is 5.69 Å². The summed E-state index contributed by atoms with van der Waals surface area (Å²) in [6.45, 7) is 8.20. The van der Waals surface area contributed by atoms with Crippen LogP contribution in [0.15, 0.2) is 24.3 Å². The van der Waals surface area contributed by atoms with Crippen molar-refractivity contribution in [1.82, 2.24) is 4.90 Å². The highest BCUT2D eigenvalue weighted by molar-refractivity contribution is 5.51. The predicted octanol–water partition coefficient (Wildman–Crippen LogP) is 2.71. The smallest absolute Gasteiger partial charge is 0.0701 e. The molecule has 0 saturated carbocycles. The number of benzene rings is 1. The summed E-state index contributed by atoms with van der Waals surface area (Å²) >= 11 is 0. The minimum atomic E-state index is 0.101. The molecule has 1 heterocycles. The summed E-state index contributed by atoms with van der Waals surface area (Å²) in [6, 6.07) is 8.50. The number of nitrogens with one attached hydrogen (secondary N) is 1. The molecule has 0 spiro atoms. The van der Waals surface area contributed by atoms with E-state index in [-0.39, 0.29) is 6.61 Å². The second-order valence-corrected chi connectivity index (χ2v) is 5.52. The normalized spacial score (nSPS) is 19.3. The van der Waals surface area contributed by atoms with E-state index in [1.165, 1.54) is 32.5 Å². The molecule has 0 bridgehead atoms. The zero-order valence-corrected chi connectivity index (χ0v) is 12.1. The number of para-hydroxylation sites is 1. The second kappa shape index (κ2) is 6.92. The number of piperidine rings is 1. The van der Waals surface area contributed by atoms with Gasteiger partial charge in [-0.05, 0) is 51.4 Å². The predicted molar refractivity (Wildman–Crippen MR) is 80.3 cm³/mol. The molecule has 1 atom stereocenters. The Kier molecular flexibility index (Phi) is 5.23. The second-order valence-electron chi connectivity index (χ2n) is 5.52.